The van der Waals surface area contributed by atoms with E-state index in [1.165, 1.54) is 24.3 Å². The summed E-state index contributed by atoms with van der Waals surface area (Å²) in [5.41, 5.74) is 0.297. The second-order valence-corrected chi connectivity index (χ2v) is 8.54. The molecule has 1 N–H and O–H groups in total. The zero-order chi connectivity index (χ0) is 23.3. The summed E-state index contributed by atoms with van der Waals surface area (Å²) in [4.78, 5) is 33.6. The second-order valence-electron chi connectivity index (χ2n) is 7.73. The average molecular weight is 506 g/mol. The number of hydrogen-bond acceptors (Lipinski definition) is 5. The van der Waals surface area contributed by atoms with Crippen LogP contribution in [-0.2, 0) is 16.0 Å². The minimum atomic E-state index is -1.26. The van der Waals surface area contributed by atoms with E-state index in [1.807, 2.05) is 0 Å². The third-order valence-corrected chi connectivity index (χ3v) is 4.71. The molecule has 0 radical (unpaired) electrons. The first-order valence-corrected chi connectivity index (χ1v) is 10.0. The molecule has 2 aromatic rings. The van der Waals surface area contributed by atoms with Crippen molar-refractivity contribution in [3.05, 3.63) is 72.7 Å². The van der Waals surface area contributed by atoms with Crippen LogP contribution in [0.15, 0.2) is 30.3 Å². The molecule has 0 amide bonds. The van der Waals surface area contributed by atoms with E-state index < -0.39 is 16.5 Å². The van der Waals surface area contributed by atoms with Crippen LogP contribution in [0.1, 0.15) is 54.2 Å². The number of esters is 1. The van der Waals surface area contributed by atoms with Crippen LogP contribution in [0.4, 0.5) is 5.69 Å². The Bertz CT molecular complexity index is 1040. The normalized spacial score (nSPS) is 11.2. The summed E-state index contributed by atoms with van der Waals surface area (Å²) in [6.07, 6.45) is 3.52. The van der Waals surface area contributed by atoms with Crippen molar-refractivity contribution in [2.75, 3.05) is 0 Å². The standard InChI is InChI=1S/C22H21Cl2NO6.K.H/c1-22(2,3)31-20(26)9-4-13-10-17(23)16(18(24)11-13)8-7-14-5-6-15(21(27)28)12-19(14)25(29)30;;/h5-8,10-12H,4,9H2,1-3H3,(H,27,28);;. The van der Waals surface area contributed by atoms with Gasteiger partial charge in [0.05, 0.1) is 16.1 Å². The molecule has 0 aliphatic heterocycles. The van der Waals surface area contributed by atoms with E-state index in [1.54, 1.807) is 32.9 Å². The van der Waals surface area contributed by atoms with Crippen LogP contribution in [-0.4, -0.2) is 79.0 Å². The molecule has 0 spiro atoms. The van der Waals surface area contributed by atoms with Gasteiger partial charge < -0.3 is 9.84 Å². The Morgan fingerprint density at radius 3 is 2.22 bits per heavy atom. The zero-order valence-corrected chi connectivity index (χ0v) is 18.7. The van der Waals surface area contributed by atoms with Crippen molar-refractivity contribution >= 4 is 104 Å². The molecule has 0 saturated heterocycles. The van der Waals surface area contributed by atoms with Gasteiger partial charge in [0.1, 0.15) is 5.60 Å². The first kappa shape index (κ1) is 28.8. The Morgan fingerprint density at radius 2 is 1.72 bits per heavy atom. The molecule has 0 heterocycles. The van der Waals surface area contributed by atoms with E-state index in [0.29, 0.717) is 22.0 Å². The van der Waals surface area contributed by atoms with Gasteiger partial charge in [0.25, 0.3) is 5.69 Å². The van der Waals surface area contributed by atoms with Crippen molar-refractivity contribution in [1.29, 1.82) is 0 Å². The molecule has 2 aromatic carbocycles. The molecule has 0 aliphatic carbocycles. The number of carboxylic acid groups (broad SMARTS) is 1. The van der Waals surface area contributed by atoms with Gasteiger partial charge in [-0.1, -0.05) is 29.3 Å². The number of ether oxygens (including phenoxy) is 1. The Hall–Kier alpha value is -1.26. The molecule has 0 saturated carbocycles. The van der Waals surface area contributed by atoms with Gasteiger partial charge in [-0.25, -0.2) is 4.79 Å². The molecule has 7 nitrogen and oxygen atoms in total. The summed E-state index contributed by atoms with van der Waals surface area (Å²) < 4.78 is 5.28. The molecule has 0 unspecified atom stereocenters. The number of nitro benzene ring substituents is 1. The molecule has 0 fully saturated rings. The average Bonchev–Trinajstić information content (AvgIpc) is 2.64. The van der Waals surface area contributed by atoms with Gasteiger partial charge in [-0.2, -0.15) is 0 Å². The van der Waals surface area contributed by atoms with Crippen LogP contribution >= 0.6 is 23.2 Å². The molecule has 0 atom stereocenters. The fourth-order valence-electron chi connectivity index (χ4n) is 2.73. The van der Waals surface area contributed by atoms with Gasteiger partial charge >= 0.3 is 63.3 Å². The van der Waals surface area contributed by atoms with E-state index in [0.717, 1.165) is 11.6 Å². The SMILES string of the molecule is CC(C)(C)OC(=O)CCc1cc(Cl)c(C=Cc2ccc(C(=O)O)cc2[N+](=O)[O-])c(Cl)c1.[KH]. The van der Waals surface area contributed by atoms with Crippen molar-refractivity contribution in [2.24, 2.45) is 0 Å². The number of aryl methyl sites for hydroxylation is 1. The number of carbonyl (C=O) groups is 2. The quantitative estimate of drug-likeness (QED) is 0.177. The Labute approximate surface area is 238 Å². The first-order valence-electron chi connectivity index (χ1n) is 9.27. The maximum absolute atomic E-state index is 11.9. The van der Waals surface area contributed by atoms with E-state index in [2.05, 4.69) is 0 Å². The van der Waals surface area contributed by atoms with Gasteiger partial charge in [-0.3, -0.25) is 14.9 Å². The fraction of sp³-hybridized carbons (Fsp3) is 0.273. The third-order valence-electron chi connectivity index (χ3n) is 4.08. The summed E-state index contributed by atoms with van der Waals surface area (Å²) in [7, 11) is 0. The second kappa shape index (κ2) is 12.3. The van der Waals surface area contributed by atoms with Gasteiger partial charge in [0, 0.05) is 28.1 Å². The molecule has 166 valence electrons. The van der Waals surface area contributed by atoms with Gasteiger partial charge in [-0.05, 0) is 63.1 Å². The molecular weight excluding hydrogens is 484 g/mol. The molecule has 0 aliphatic rings. The van der Waals surface area contributed by atoms with Gasteiger partial charge in [0.15, 0.2) is 0 Å². The molecule has 10 heteroatoms. The third kappa shape index (κ3) is 8.59. The van der Waals surface area contributed by atoms with Crippen LogP contribution in [0.3, 0.4) is 0 Å². The predicted molar refractivity (Wildman–Crippen MR) is 127 cm³/mol. The number of hydrogen-bond donors (Lipinski definition) is 1. The minimum absolute atomic E-state index is 0. The van der Waals surface area contributed by atoms with Crippen molar-refractivity contribution < 1.29 is 24.4 Å². The van der Waals surface area contributed by atoms with Gasteiger partial charge in [0.2, 0.25) is 0 Å². The molecule has 32 heavy (non-hydrogen) atoms. The number of nitro groups is 1. The van der Waals surface area contributed by atoms with Crippen LogP contribution < -0.4 is 0 Å². The van der Waals surface area contributed by atoms with Crippen LogP contribution in [0, 0.1) is 10.1 Å². The van der Waals surface area contributed by atoms with E-state index in [4.69, 9.17) is 33.0 Å². The van der Waals surface area contributed by atoms with E-state index >= 15 is 0 Å². The van der Waals surface area contributed by atoms with Crippen LogP contribution in [0.25, 0.3) is 12.2 Å². The molecular formula is C22H22Cl2KNO6. The predicted octanol–water partition coefficient (Wildman–Crippen LogP) is 5.40. The summed E-state index contributed by atoms with van der Waals surface area (Å²) in [6.45, 7) is 5.37. The Balaban J connectivity index is 0.00000512. The summed E-state index contributed by atoms with van der Waals surface area (Å²) in [5.74, 6) is -1.59. The van der Waals surface area contributed by atoms with Gasteiger partial charge in [-0.15, -0.1) is 0 Å². The summed E-state index contributed by atoms with van der Waals surface area (Å²) in [6, 6.07) is 6.94. The summed E-state index contributed by atoms with van der Waals surface area (Å²) >= 11 is 12.7. The van der Waals surface area contributed by atoms with E-state index in [-0.39, 0.29) is 80.6 Å². The number of rotatable bonds is 7. The van der Waals surface area contributed by atoms with Crippen molar-refractivity contribution in [3.8, 4) is 0 Å². The van der Waals surface area contributed by atoms with Crippen LogP contribution in [0.2, 0.25) is 10.0 Å². The number of carbonyl (C=O) groups excluding carboxylic acids is 1. The number of benzene rings is 2. The number of halogens is 2. The molecule has 0 aromatic heterocycles. The fourth-order valence-corrected chi connectivity index (χ4v) is 3.39. The number of nitrogens with zero attached hydrogens (tertiary/aromatic N) is 1. The molecule has 0 bridgehead atoms. The maximum atomic E-state index is 11.9. The monoisotopic (exact) mass is 505 g/mol. The number of carboxylic acids is 1. The van der Waals surface area contributed by atoms with Crippen molar-refractivity contribution in [2.45, 2.75) is 39.2 Å². The topological polar surface area (TPSA) is 107 Å². The zero-order valence-electron chi connectivity index (χ0n) is 17.1. The van der Waals surface area contributed by atoms with Crippen LogP contribution in [0.5, 0.6) is 0 Å². The van der Waals surface area contributed by atoms with E-state index in [9.17, 15) is 19.7 Å². The Kier molecular flexibility index (Phi) is 11.0. The summed E-state index contributed by atoms with van der Waals surface area (Å²) in [5, 5.41) is 20.9. The van der Waals surface area contributed by atoms with Crippen molar-refractivity contribution in [1.82, 2.24) is 0 Å². The Morgan fingerprint density at radius 1 is 1.12 bits per heavy atom. The molecule has 2 rings (SSSR count). The van der Waals surface area contributed by atoms with Crippen molar-refractivity contribution in [3.63, 3.8) is 0 Å². The number of aromatic carboxylic acids is 1. The first-order chi connectivity index (χ1) is 14.4.